The Morgan fingerprint density at radius 2 is 1.83 bits per heavy atom. The summed E-state index contributed by atoms with van der Waals surface area (Å²) in [4.78, 5) is 27.1. The largest absolute Gasteiger partial charge is 0.388 e. The van der Waals surface area contributed by atoms with Gasteiger partial charge in [0.25, 0.3) is 0 Å². The number of amides is 2. The molecule has 124 valence electrons. The predicted molar refractivity (Wildman–Crippen MR) is 87.3 cm³/mol. The summed E-state index contributed by atoms with van der Waals surface area (Å²) in [5.74, 6) is -0.959. The second-order valence-electron chi connectivity index (χ2n) is 7.94. The summed E-state index contributed by atoms with van der Waals surface area (Å²) in [6, 6.07) is 9.12. The molecule has 4 atom stereocenters. The number of rotatable bonds is 3. The Kier molecular flexibility index (Phi) is 3.64. The van der Waals surface area contributed by atoms with Crippen LogP contribution in [0.1, 0.15) is 52.2 Å². The summed E-state index contributed by atoms with van der Waals surface area (Å²) in [5.41, 5.74) is 0.161. The number of aliphatic hydroxyl groups excluding tert-OH is 1. The summed E-state index contributed by atoms with van der Waals surface area (Å²) in [5, 5.41) is 10.5. The number of imide groups is 1. The van der Waals surface area contributed by atoms with Crippen LogP contribution in [-0.2, 0) is 9.59 Å². The Labute approximate surface area is 137 Å². The summed E-state index contributed by atoms with van der Waals surface area (Å²) < 4.78 is 0. The standard InChI is InChI=1S/C19H25NO3/c1-12(15(21)13-8-6-5-7-9-13)16(22)20-14-10-18(2,3)19(4,11-14)17(20)23/h5-9,12,14-15,21H,10-11H2,1-4H3/t12-,14-,15-,19+/m1/s1. The number of hydrogen-bond acceptors (Lipinski definition) is 3. The molecule has 1 aromatic rings. The van der Waals surface area contributed by atoms with Gasteiger partial charge in [-0.2, -0.15) is 0 Å². The van der Waals surface area contributed by atoms with Crippen LogP contribution in [0.4, 0.5) is 0 Å². The Hall–Kier alpha value is -1.68. The first kappa shape index (κ1) is 16.2. The van der Waals surface area contributed by atoms with E-state index in [0.717, 1.165) is 12.8 Å². The van der Waals surface area contributed by atoms with Crippen molar-refractivity contribution in [3.8, 4) is 0 Å². The normalized spacial score (nSPS) is 31.3. The van der Waals surface area contributed by atoms with Gasteiger partial charge in [0.2, 0.25) is 11.8 Å². The lowest BCUT2D eigenvalue weighted by molar-refractivity contribution is -0.158. The van der Waals surface area contributed by atoms with Crippen LogP contribution in [-0.4, -0.2) is 27.9 Å². The van der Waals surface area contributed by atoms with Crippen LogP contribution in [0, 0.1) is 16.7 Å². The molecule has 2 aliphatic rings. The lowest BCUT2D eigenvalue weighted by atomic mass is 9.68. The van der Waals surface area contributed by atoms with Crippen molar-refractivity contribution in [1.82, 2.24) is 4.90 Å². The maximum atomic E-state index is 12.9. The van der Waals surface area contributed by atoms with Crippen LogP contribution in [0.3, 0.4) is 0 Å². The fraction of sp³-hybridized carbons (Fsp3) is 0.579. The van der Waals surface area contributed by atoms with Gasteiger partial charge >= 0.3 is 0 Å². The van der Waals surface area contributed by atoms with E-state index < -0.39 is 17.4 Å². The smallest absolute Gasteiger partial charge is 0.235 e. The molecule has 0 radical (unpaired) electrons. The van der Waals surface area contributed by atoms with Crippen LogP contribution in [0.15, 0.2) is 30.3 Å². The summed E-state index contributed by atoms with van der Waals surface area (Å²) in [6.07, 6.45) is 0.685. The molecule has 1 saturated heterocycles. The van der Waals surface area contributed by atoms with Crippen molar-refractivity contribution in [2.45, 2.75) is 52.7 Å². The first-order valence-electron chi connectivity index (χ1n) is 8.29. The number of piperidine rings is 1. The average Bonchev–Trinajstić information content (AvgIpc) is 2.91. The van der Waals surface area contributed by atoms with E-state index in [1.54, 1.807) is 19.1 Å². The van der Waals surface area contributed by atoms with E-state index >= 15 is 0 Å². The van der Waals surface area contributed by atoms with E-state index in [-0.39, 0.29) is 23.3 Å². The number of carbonyl (C=O) groups excluding carboxylic acids is 2. The minimum atomic E-state index is -0.892. The highest BCUT2D eigenvalue weighted by Crippen LogP contribution is 2.59. The van der Waals surface area contributed by atoms with Gasteiger partial charge in [-0.25, -0.2) is 0 Å². The van der Waals surface area contributed by atoms with Gasteiger partial charge in [-0.15, -0.1) is 0 Å². The minimum Gasteiger partial charge on any atom is -0.388 e. The molecular weight excluding hydrogens is 290 g/mol. The third-order valence-corrected chi connectivity index (χ3v) is 6.18. The van der Waals surface area contributed by atoms with E-state index in [9.17, 15) is 14.7 Å². The Morgan fingerprint density at radius 3 is 2.35 bits per heavy atom. The summed E-state index contributed by atoms with van der Waals surface area (Å²) >= 11 is 0. The zero-order chi connectivity index (χ0) is 17.0. The van der Waals surface area contributed by atoms with Crippen LogP contribution >= 0.6 is 0 Å². The molecule has 0 unspecified atom stereocenters. The van der Waals surface area contributed by atoms with Gasteiger partial charge in [-0.1, -0.05) is 58.0 Å². The van der Waals surface area contributed by atoms with E-state index in [1.807, 2.05) is 25.1 Å². The number of aliphatic hydroxyl groups is 1. The molecule has 1 saturated carbocycles. The lowest BCUT2D eigenvalue weighted by Crippen LogP contribution is -2.52. The second-order valence-corrected chi connectivity index (χ2v) is 7.94. The van der Waals surface area contributed by atoms with Crippen molar-refractivity contribution in [3.05, 3.63) is 35.9 Å². The molecule has 1 aromatic carbocycles. The monoisotopic (exact) mass is 315 g/mol. The van der Waals surface area contributed by atoms with E-state index in [4.69, 9.17) is 0 Å². The van der Waals surface area contributed by atoms with Crippen LogP contribution < -0.4 is 0 Å². The SMILES string of the molecule is C[C@@H](C(=O)N1C(=O)[C@]2(C)C[C@H]1CC2(C)C)[C@@H](O)c1ccccc1. The molecular formula is C19H25NO3. The highest BCUT2D eigenvalue weighted by Gasteiger charge is 2.64. The second kappa shape index (κ2) is 5.17. The van der Waals surface area contributed by atoms with Crippen molar-refractivity contribution in [3.63, 3.8) is 0 Å². The Balaban J connectivity index is 1.81. The lowest BCUT2D eigenvalue weighted by Gasteiger charge is -2.41. The van der Waals surface area contributed by atoms with E-state index in [1.165, 1.54) is 4.90 Å². The van der Waals surface area contributed by atoms with E-state index in [0.29, 0.717) is 5.56 Å². The molecule has 1 heterocycles. The van der Waals surface area contributed by atoms with Crippen molar-refractivity contribution in [1.29, 1.82) is 0 Å². The minimum absolute atomic E-state index is 0.0274. The third-order valence-electron chi connectivity index (χ3n) is 6.18. The molecule has 2 fully saturated rings. The number of likely N-dealkylation sites (tertiary alicyclic amines) is 1. The number of hydrogen-bond donors (Lipinski definition) is 1. The third kappa shape index (κ3) is 2.23. The first-order chi connectivity index (χ1) is 10.7. The molecule has 2 bridgehead atoms. The fourth-order valence-electron chi connectivity index (χ4n) is 4.20. The van der Waals surface area contributed by atoms with Crippen molar-refractivity contribution in [2.24, 2.45) is 16.7 Å². The number of benzene rings is 1. The van der Waals surface area contributed by atoms with E-state index in [2.05, 4.69) is 13.8 Å². The highest BCUT2D eigenvalue weighted by molar-refractivity contribution is 6.02. The number of nitrogens with zero attached hydrogens (tertiary/aromatic N) is 1. The van der Waals surface area contributed by atoms with Crippen LogP contribution in [0.25, 0.3) is 0 Å². The fourth-order valence-corrected chi connectivity index (χ4v) is 4.20. The molecule has 0 spiro atoms. The van der Waals surface area contributed by atoms with Crippen LogP contribution in [0.2, 0.25) is 0 Å². The molecule has 4 nitrogen and oxygen atoms in total. The molecule has 1 N–H and O–H groups in total. The van der Waals surface area contributed by atoms with Gasteiger partial charge in [-0.05, 0) is 23.8 Å². The maximum absolute atomic E-state index is 12.9. The number of fused-ring (bicyclic) bond motifs is 2. The summed E-state index contributed by atoms with van der Waals surface area (Å²) in [6.45, 7) is 7.89. The quantitative estimate of drug-likeness (QED) is 0.933. The molecule has 3 rings (SSSR count). The summed E-state index contributed by atoms with van der Waals surface area (Å²) in [7, 11) is 0. The molecule has 23 heavy (non-hydrogen) atoms. The molecule has 0 aromatic heterocycles. The van der Waals surface area contributed by atoms with Gasteiger partial charge in [0.15, 0.2) is 0 Å². The first-order valence-corrected chi connectivity index (χ1v) is 8.29. The van der Waals surface area contributed by atoms with Crippen molar-refractivity contribution >= 4 is 11.8 Å². The topological polar surface area (TPSA) is 57.6 Å². The molecule has 1 aliphatic heterocycles. The zero-order valence-corrected chi connectivity index (χ0v) is 14.2. The van der Waals surface area contributed by atoms with Gasteiger partial charge in [0.05, 0.1) is 17.4 Å². The van der Waals surface area contributed by atoms with Gasteiger partial charge in [0, 0.05) is 6.04 Å². The van der Waals surface area contributed by atoms with Gasteiger partial charge < -0.3 is 5.11 Å². The molecule has 1 aliphatic carbocycles. The highest BCUT2D eigenvalue weighted by atomic mass is 16.3. The Bertz CT molecular complexity index is 639. The molecule has 4 heteroatoms. The van der Waals surface area contributed by atoms with Gasteiger partial charge in [0.1, 0.15) is 0 Å². The maximum Gasteiger partial charge on any atom is 0.235 e. The molecule has 2 amide bonds. The zero-order valence-electron chi connectivity index (χ0n) is 14.2. The van der Waals surface area contributed by atoms with Gasteiger partial charge in [-0.3, -0.25) is 14.5 Å². The number of carbonyl (C=O) groups is 2. The predicted octanol–water partition coefficient (Wildman–Crippen LogP) is 2.92. The van der Waals surface area contributed by atoms with Crippen LogP contribution in [0.5, 0.6) is 0 Å². The van der Waals surface area contributed by atoms with Crippen molar-refractivity contribution in [2.75, 3.05) is 0 Å². The van der Waals surface area contributed by atoms with Crippen molar-refractivity contribution < 1.29 is 14.7 Å². The Morgan fingerprint density at radius 1 is 1.22 bits per heavy atom. The average molecular weight is 315 g/mol.